The molecule has 0 atom stereocenters. The first-order valence-corrected chi connectivity index (χ1v) is 12.6. The van der Waals surface area contributed by atoms with Gasteiger partial charge in [-0.05, 0) is 61.7 Å². The average molecular weight is 467 g/mol. The van der Waals surface area contributed by atoms with Crippen molar-refractivity contribution in [2.75, 3.05) is 31.5 Å². The number of anilines is 1. The molecule has 1 N–H and O–H groups in total. The number of nitrogens with one attached hydrogen (secondary N) is 1. The van der Waals surface area contributed by atoms with E-state index in [1.807, 2.05) is 61.0 Å². The van der Waals surface area contributed by atoms with Crippen molar-refractivity contribution in [2.45, 2.75) is 31.7 Å². The van der Waals surface area contributed by atoms with Crippen molar-refractivity contribution < 1.29 is 13.2 Å². The molecule has 1 aromatic heterocycles. The van der Waals surface area contributed by atoms with Crippen LogP contribution in [0.4, 0.5) is 10.5 Å². The summed E-state index contributed by atoms with van der Waals surface area (Å²) in [5, 5.41) is 3.85. The molecular weight excluding hydrogens is 436 g/mol. The number of carbonyl (C=O) groups is 1. The van der Waals surface area contributed by atoms with Crippen LogP contribution in [0.1, 0.15) is 17.5 Å². The summed E-state index contributed by atoms with van der Waals surface area (Å²) in [6, 6.07) is 12.9. The Labute approximate surface area is 195 Å². The third kappa shape index (κ3) is 4.82. The van der Waals surface area contributed by atoms with Crippen LogP contribution in [-0.4, -0.2) is 54.4 Å². The Bertz CT molecular complexity index is 1300. The average Bonchev–Trinajstić information content (AvgIpc) is 3.01. The summed E-state index contributed by atoms with van der Waals surface area (Å²) in [5.41, 5.74) is 3.82. The van der Waals surface area contributed by atoms with Crippen molar-refractivity contribution in [3.63, 3.8) is 0 Å². The zero-order valence-corrected chi connectivity index (χ0v) is 19.9. The molecule has 1 fully saturated rings. The first-order chi connectivity index (χ1) is 15.8. The van der Waals surface area contributed by atoms with E-state index in [1.165, 1.54) is 4.31 Å². The Morgan fingerprint density at radius 2 is 1.88 bits per heavy atom. The number of benzene rings is 2. The van der Waals surface area contributed by atoms with E-state index in [9.17, 15) is 13.2 Å². The number of rotatable bonds is 5. The summed E-state index contributed by atoms with van der Waals surface area (Å²) < 4.78 is 30.2. The van der Waals surface area contributed by atoms with E-state index in [4.69, 9.17) is 0 Å². The van der Waals surface area contributed by atoms with Crippen molar-refractivity contribution in [1.82, 2.24) is 13.8 Å². The smallest absolute Gasteiger partial charge is 0.321 e. The van der Waals surface area contributed by atoms with E-state index < -0.39 is 10.0 Å². The lowest BCUT2D eigenvalue weighted by Gasteiger charge is -2.23. The molecule has 2 amide bonds. The maximum Gasteiger partial charge on any atom is 0.321 e. The minimum Gasteiger partial charge on any atom is -0.344 e. The second kappa shape index (κ2) is 9.41. The summed E-state index contributed by atoms with van der Waals surface area (Å²) in [7, 11) is -3.65. The monoisotopic (exact) mass is 466 g/mol. The molecule has 0 spiro atoms. The van der Waals surface area contributed by atoms with Crippen molar-refractivity contribution in [3.05, 3.63) is 72.4 Å². The van der Waals surface area contributed by atoms with Gasteiger partial charge < -0.3 is 14.8 Å². The van der Waals surface area contributed by atoms with Gasteiger partial charge in [-0.25, -0.2) is 13.2 Å². The molecule has 2 aromatic carbocycles. The van der Waals surface area contributed by atoms with Crippen LogP contribution in [0.5, 0.6) is 0 Å². The molecule has 4 rings (SSSR count). The lowest BCUT2D eigenvalue weighted by Crippen LogP contribution is -2.39. The predicted molar refractivity (Wildman–Crippen MR) is 132 cm³/mol. The molecule has 7 nitrogen and oxygen atoms in total. The van der Waals surface area contributed by atoms with Gasteiger partial charge in [0, 0.05) is 55.5 Å². The first kappa shape index (κ1) is 23.1. The van der Waals surface area contributed by atoms with Gasteiger partial charge in [0.25, 0.3) is 0 Å². The standard InChI is InChI=1S/C25H30N4O3S/c1-4-11-27-14-10-21-18-22(8-9-24(21)27)33(31,32)29-13-5-12-28(15-16-29)25(30)26-23-17-19(2)6-7-20(23)3/h4,6-10,14,17-18H,1,5,11-13,15-16H2,2-3H3,(H,26,30). The Kier molecular flexibility index (Phi) is 6.58. The number of aromatic nitrogens is 1. The fraction of sp³-hybridized carbons (Fsp3) is 0.320. The molecule has 0 aliphatic carbocycles. The molecule has 33 heavy (non-hydrogen) atoms. The third-order valence-electron chi connectivity index (χ3n) is 6.08. The van der Waals surface area contributed by atoms with Gasteiger partial charge in [0.2, 0.25) is 10.0 Å². The summed E-state index contributed by atoms with van der Waals surface area (Å²) in [4.78, 5) is 14.8. The van der Waals surface area contributed by atoms with Gasteiger partial charge in [-0.2, -0.15) is 4.31 Å². The van der Waals surface area contributed by atoms with Crippen LogP contribution in [-0.2, 0) is 16.6 Å². The zero-order chi connectivity index (χ0) is 23.6. The maximum atomic E-state index is 13.3. The van der Waals surface area contributed by atoms with Gasteiger partial charge in [-0.1, -0.05) is 18.2 Å². The fourth-order valence-corrected chi connectivity index (χ4v) is 5.69. The Morgan fingerprint density at radius 3 is 2.67 bits per heavy atom. The van der Waals surface area contributed by atoms with Crippen LogP contribution < -0.4 is 5.32 Å². The second-order valence-corrected chi connectivity index (χ2v) is 10.4. The van der Waals surface area contributed by atoms with Crippen molar-refractivity contribution in [2.24, 2.45) is 0 Å². The predicted octanol–water partition coefficient (Wildman–Crippen LogP) is 4.37. The van der Waals surface area contributed by atoms with Crippen molar-refractivity contribution in [3.8, 4) is 0 Å². The lowest BCUT2D eigenvalue weighted by atomic mass is 10.1. The molecular formula is C25H30N4O3S. The quantitative estimate of drug-likeness (QED) is 0.568. The molecule has 174 valence electrons. The largest absolute Gasteiger partial charge is 0.344 e. The van der Waals surface area contributed by atoms with Crippen LogP contribution in [0.2, 0.25) is 0 Å². The van der Waals surface area contributed by atoms with E-state index >= 15 is 0 Å². The number of nitrogens with zero attached hydrogens (tertiary/aromatic N) is 3. The van der Waals surface area contributed by atoms with Crippen LogP contribution in [0.25, 0.3) is 10.9 Å². The summed E-state index contributed by atoms with van der Waals surface area (Å²) in [5.74, 6) is 0. The Morgan fingerprint density at radius 1 is 1.06 bits per heavy atom. The first-order valence-electron chi connectivity index (χ1n) is 11.1. The number of aryl methyl sites for hydroxylation is 2. The van der Waals surface area contributed by atoms with Crippen LogP contribution in [0.3, 0.4) is 0 Å². The van der Waals surface area contributed by atoms with E-state index in [0.717, 1.165) is 27.7 Å². The van der Waals surface area contributed by atoms with Crippen molar-refractivity contribution in [1.29, 1.82) is 0 Å². The molecule has 0 bridgehead atoms. The molecule has 0 saturated carbocycles. The van der Waals surface area contributed by atoms with E-state index in [1.54, 1.807) is 17.0 Å². The van der Waals surface area contributed by atoms with Gasteiger partial charge in [0.15, 0.2) is 0 Å². The maximum absolute atomic E-state index is 13.3. The number of fused-ring (bicyclic) bond motifs is 1. The van der Waals surface area contributed by atoms with Gasteiger partial charge in [0.1, 0.15) is 0 Å². The fourth-order valence-electron chi connectivity index (χ4n) is 4.19. The second-order valence-electron chi connectivity index (χ2n) is 8.47. The topological polar surface area (TPSA) is 74.7 Å². The highest BCUT2D eigenvalue weighted by Gasteiger charge is 2.28. The summed E-state index contributed by atoms with van der Waals surface area (Å²) in [6.07, 6.45) is 4.32. The number of urea groups is 1. The van der Waals surface area contributed by atoms with Crippen LogP contribution in [0.15, 0.2) is 66.2 Å². The molecule has 1 aliphatic heterocycles. The van der Waals surface area contributed by atoms with Gasteiger partial charge in [-0.3, -0.25) is 0 Å². The molecule has 3 aromatic rings. The lowest BCUT2D eigenvalue weighted by molar-refractivity contribution is 0.214. The van der Waals surface area contributed by atoms with Crippen LogP contribution in [0, 0.1) is 13.8 Å². The number of hydrogen-bond donors (Lipinski definition) is 1. The molecule has 2 heterocycles. The zero-order valence-electron chi connectivity index (χ0n) is 19.1. The highest BCUT2D eigenvalue weighted by molar-refractivity contribution is 7.89. The third-order valence-corrected chi connectivity index (χ3v) is 7.98. The molecule has 1 aliphatic rings. The van der Waals surface area contributed by atoms with Crippen molar-refractivity contribution >= 4 is 32.6 Å². The molecule has 0 radical (unpaired) electrons. The normalized spacial score (nSPS) is 15.4. The van der Waals surface area contributed by atoms with E-state index in [-0.39, 0.29) is 17.5 Å². The van der Waals surface area contributed by atoms with E-state index in [2.05, 4.69) is 11.9 Å². The Hall–Kier alpha value is -3.10. The Balaban J connectivity index is 1.47. The number of carbonyl (C=O) groups excluding carboxylic acids is 1. The van der Waals surface area contributed by atoms with E-state index in [0.29, 0.717) is 32.6 Å². The van der Waals surface area contributed by atoms with Gasteiger partial charge in [-0.15, -0.1) is 6.58 Å². The number of sulfonamides is 1. The highest BCUT2D eigenvalue weighted by Crippen LogP contribution is 2.24. The SMILES string of the molecule is C=CCn1ccc2cc(S(=O)(=O)N3CCCN(C(=O)Nc4cc(C)ccc4C)CC3)ccc21. The summed E-state index contributed by atoms with van der Waals surface area (Å²) in [6.45, 7) is 9.86. The van der Waals surface area contributed by atoms with Crippen LogP contribution >= 0.6 is 0 Å². The minimum absolute atomic E-state index is 0.201. The molecule has 8 heteroatoms. The highest BCUT2D eigenvalue weighted by atomic mass is 32.2. The summed E-state index contributed by atoms with van der Waals surface area (Å²) >= 11 is 0. The van der Waals surface area contributed by atoms with Gasteiger partial charge in [0.05, 0.1) is 4.90 Å². The number of amides is 2. The molecule has 1 saturated heterocycles. The number of allylic oxidation sites excluding steroid dienone is 1. The molecule has 0 unspecified atom stereocenters. The minimum atomic E-state index is -3.65. The van der Waals surface area contributed by atoms with Gasteiger partial charge >= 0.3 is 6.03 Å². The number of hydrogen-bond acceptors (Lipinski definition) is 3.